The molecule has 4 heteroatoms. The second-order valence-electron chi connectivity index (χ2n) is 6.03. The summed E-state index contributed by atoms with van der Waals surface area (Å²) in [5.41, 5.74) is 2.68. The van der Waals surface area contributed by atoms with Crippen LogP contribution in [0.2, 0.25) is 0 Å². The molecule has 0 radical (unpaired) electrons. The maximum atomic E-state index is 12.9. The fourth-order valence-electron chi connectivity index (χ4n) is 3.26. The summed E-state index contributed by atoms with van der Waals surface area (Å²) in [5.74, 6) is -1.23. The molecule has 0 spiro atoms. The number of para-hydroxylation sites is 1. The predicted molar refractivity (Wildman–Crippen MR) is 90.9 cm³/mol. The maximum Gasteiger partial charge on any atom is 0.317 e. The lowest BCUT2D eigenvalue weighted by atomic mass is 10.00. The van der Waals surface area contributed by atoms with Gasteiger partial charge < -0.3 is 9.30 Å². The zero-order valence-electron chi connectivity index (χ0n) is 13.1. The van der Waals surface area contributed by atoms with E-state index in [1.54, 1.807) is 0 Å². The van der Waals surface area contributed by atoms with Crippen LogP contribution >= 0.6 is 0 Å². The summed E-state index contributed by atoms with van der Waals surface area (Å²) in [6, 6.07) is 19.8. The molecule has 1 saturated heterocycles. The van der Waals surface area contributed by atoms with Gasteiger partial charge >= 0.3 is 5.97 Å². The number of carbonyl (C=O) groups excluding carboxylic acids is 2. The summed E-state index contributed by atoms with van der Waals surface area (Å²) in [6.07, 6.45) is 0.463. The van der Waals surface area contributed by atoms with Gasteiger partial charge in [0, 0.05) is 23.9 Å². The van der Waals surface area contributed by atoms with Crippen molar-refractivity contribution in [3.05, 3.63) is 71.9 Å². The number of Topliss-reactive ketones (excluding diaryl/α,β-unsaturated/α-hetero) is 1. The van der Waals surface area contributed by atoms with Crippen LogP contribution in [0.15, 0.2) is 60.7 Å². The molecule has 0 bridgehead atoms. The number of esters is 1. The van der Waals surface area contributed by atoms with Gasteiger partial charge in [0.05, 0.1) is 12.3 Å². The summed E-state index contributed by atoms with van der Waals surface area (Å²) >= 11 is 0. The molecule has 1 aliphatic heterocycles. The van der Waals surface area contributed by atoms with E-state index in [0.29, 0.717) is 25.3 Å². The molecule has 1 fully saturated rings. The monoisotopic (exact) mass is 319 g/mol. The largest absolute Gasteiger partial charge is 0.465 e. The van der Waals surface area contributed by atoms with Gasteiger partial charge in [0.25, 0.3) is 0 Å². The van der Waals surface area contributed by atoms with E-state index in [4.69, 9.17) is 4.74 Å². The summed E-state index contributed by atoms with van der Waals surface area (Å²) < 4.78 is 6.97. The second kappa shape index (κ2) is 5.96. The van der Waals surface area contributed by atoms with Crippen LogP contribution in [0.3, 0.4) is 0 Å². The van der Waals surface area contributed by atoms with E-state index in [0.717, 1.165) is 16.5 Å². The Bertz CT molecular complexity index is 911. The van der Waals surface area contributed by atoms with Crippen molar-refractivity contribution in [2.45, 2.75) is 13.0 Å². The number of hydrogen-bond acceptors (Lipinski definition) is 3. The van der Waals surface area contributed by atoms with Crippen molar-refractivity contribution in [3.8, 4) is 0 Å². The molecule has 2 heterocycles. The number of nitrogens with zero attached hydrogens (tertiary/aromatic N) is 1. The molecule has 0 aliphatic carbocycles. The number of carbonyl (C=O) groups is 2. The Morgan fingerprint density at radius 2 is 1.83 bits per heavy atom. The molecule has 1 atom stereocenters. The zero-order chi connectivity index (χ0) is 16.5. The van der Waals surface area contributed by atoms with Crippen molar-refractivity contribution in [1.29, 1.82) is 0 Å². The molecule has 1 aromatic heterocycles. The van der Waals surface area contributed by atoms with Gasteiger partial charge in [-0.3, -0.25) is 9.59 Å². The average molecular weight is 319 g/mol. The van der Waals surface area contributed by atoms with Gasteiger partial charge in [0.15, 0.2) is 5.78 Å². The van der Waals surface area contributed by atoms with Crippen LogP contribution in [0.5, 0.6) is 0 Å². The Morgan fingerprint density at radius 3 is 2.58 bits per heavy atom. The van der Waals surface area contributed by atoms with Crippen LogP contribution in [0.4, 0.5) is 0 Å². The Kier molecular flexibility index (Phi) is 3.65. The molecule has 4 nitrogen and oxygen atoms in total. The topological polar surface area (TPSA) is 48.3 Å². The molecule has 3 aromatic rings. The van der Waals surface area contributed by atoms with Crippen molar-refractivity contribution < 1.29 is 14.3 Å². The molecule has 4 rings (SSSR count). The average Bonchev–Trinajstić information content (AvgIpc) is 3.20. The molecular weight excluding hydrogens is 302 g/mol. The van der Waals surface area contributed by atoms with E-state index in [-0.39, 0.29) is 5.78 Å². The number of cyclic esters (lactones) is 1. The Hall–Kier alpha value is -2.88. The first kappa shape index (κ1) is 14.7. The maximum absolute atomic E-state index is 12.9. The number of benzene rings is 2. The van der Waals surface area contributed by atoms with Crippen LogP contribution in [0.1, 0.15) is 22.5 Å². The van der Waals surface area contributed by atoms with Crippen molar-refractivity contribution in [2.24, 2.45) is 5.92 Å². The lowest BCUT2D eigenvalue weighted by Crippen LogP contribution is -2.22. The highest BCUT2D eigenvalue weighted by atomic mass is 16.5. The van der Waals surface area contributed by atoms with Crippen molar-refractivity contribution in [3.63, 3.8) is 0 Å². The lowest BCUT2D eigenvalue weighted by molar-refractivity contribution is -0.140. The molecule has 1 aliphatic rings. The smallest absolute Gasteiger partial charge is 0.317 e. The highest BCUT2D eigenvalue weighted by molar-refractivity contribution is 6.10. The van der Waals surface area contributed by atoms with Gasteiger partial charge in [-0.1, -0.05) is 48.5 Å². The molecule has 24 heavy (non-hydrogen) atoms. The van der Waals surface area contributed by atoms with Crippen molar-refractivity contribution in [1.82, 2.24) is 4.57 Å². The number of ether oxygens (including phenoxy) is 1. The zero-order valence-corrected chi connectivity index (χ0v) is 13.1. The second-order valence-corrected chi connectivity index (χ2v) is 6.03. The molecule has 1 unspecified atom stereocenters. The lowest BCUT2D eigenvalue weighted by Gasteiger charge is -2.12. The van der Waals surface area contributed by atoms with E-state index < -0.39 is 11.9 Å². The third kappa shape index (κ3) is 2.50. The minimum absolute atomic E-state index is 0.148. The fraction of sp³-hybridized carbons (Fsp3) is 0.200. The fourth-order valence-corrected chi connectivity index (χ4v) is 3.26. The van der Waals surface area contributed by atoms with Gasteiger partial charge in [-0.25, -0.2) is 0 Å². The van der Waals surface area contributed by atoms with Crippen LogP contribution in [0, 0.1) is 5.92 Å². The summed E-state index contributed by atoms with van der Waals surface area (Å²) in [4.78, 5) is 24.7. The number of ketones is 1. The van der Waals surface area contributed by atoms with Crippen LogP contribution in [-0.2, 0) is 16.1 Å². The Morgan fingerprint density at radius 1 is 1.08 bits per heavy atom. The number of hydrogen-bond donors (Lipinski definition) is 0. The highest BCUT2D eigenvalue weighted by Gasteiger charge is 2.35. The minimum atomic E-state index is -0.677. The normalized spacial score (nSPS) is 17.2. The van der Waals surface area contributed by atoms with Gasteiger partial charge in [-0.15, -0.1) is 0 Å². The van der Waals surface area contributed by atoms with Crippen molar-refractivity contribution >= 4 is 22.7 Å². The minimum Gasteiger partial charge on any atom is -0.465 e. The number of rotatable bonds is 4. The predicted octanol–water partition coefficient (Wildman–Crippen LogP) is 3.44. The Balaban J connectivity index is 1.81. The first-order valence-corrected chi connectivity index (χ1v) is 8.07. The van der Waals surface area contributed by atoms with E-state index in [1.165, 1.54) is 0 Å². The summed E-state index contributed by atoms with van der Waals surface area (Å²) in [5, 5.41) is 1.00. The first-order chi connectivity index (χ1) is 11.7. The first-order valence-electron chi connectivity index (χ1n) is 8.07. The molecule has 120 valence electrons. The quantitative estimate of drug-likeness (QED) is 0.420. The van der Waals surface area contributed by atoms with Crippen LogP contribution in [-0.4, -0.2) is 22.9 Å². The van der Waals surface area contributed by atoms with E-state index in [2.05, 4.69) is 0 Å². The van der Waals surface area contributed by atoms with Crippen LogP contribution < -0.4 is 0 Å². The highest BCUT2D eigenvalue weighted by Crippen LogP contribution is 2.26. The molecule has 0 amide bonds. The third-order valence-electron chi connectivity index (χ3n) is 4.50. The van der Waals surface area contributed by atoms with E-state index >= 15 is 0 Å². The van der Waals surface area contributed by atoms with Crippen LogP contribution in [0.25, 0.3) is 10.9 Å². The van der Waals surface area contributed by atoms with Gasteiger partial charge in [-0.2, -0.15) is 0 Å². The van der Waals surface area contributed by atoms with E-state index in [9.17, 15) is 9.59 Å². The molecule has 2 aromatic carbocycles. The van der Waals surface area contributed by atoms with Gasteiger partial charge in [0.1, 0.15) is 5.92 Å². The standard InChI is InChI=1S/C20H17NO3/c22-19(16-10-11-24-20(16)23)18-12-15-8-4-5-9-17(15)21(18)13-14-6-2-1-3-7-14/h1-9,12,16H,10-11,13H2. The summed E-state index contributed by atoms with van der Waals surface area (Å²) in [7, 11) is 0. The molecular formula is C20H17NO3. The Labute approximate surface area is 139 Å². The number of fused-ring (bicyclic) bond motifs is 1. The van der Waals surface area contributed by atoms with Gasteiger partial charge in [0.2, 0.25) is 0 Å². The number of aromatic nitrogens is 1. The third-order valence-corrected chi connectivity index (χ3v) is 4.50. The molecule has 0 N–H and O–H groups in total. The van der Waals surface area contributed by atoms with E-state index in [1.807, 2.05) is 65.2 Å². The van der Waals surface area contributed by atoms with Gasteiger partial charge in [-0.05, 0) is 17.7 Å². The molecule has 0 saturated carbocycles. The van der Waals surface area contributed by atoms with Crippen molar-refractivity contribution in [2.75, 3.05) is 6.61 Å². The summed E-state index contributed by atoms with van der Waals surface area (Å²) in [6.45, 7) is 0.922. The SMILES string of the molecule is O=C1OCCC1C(=O)c1cc2ccccc2n1Cc1ccccc1.